The molecule has 2 unspecified atom stereocenters. The van der Waals surface area contributed by atoms with Gasteiger partial charge in [-0.1, -0.05) is 31.5 Å². The molecule has 3 rings (SSSR count). The highest BCUT2D eigenvalue weighted by Crippen LogP contribution is 2.36. The van der Waals surface area contributed by atoms with E-state index in [0.29, 0.717) is 0 Å². The predicted octanol–water partition coefficient (Wildman–Crippen LogP) is 4.12. The van der Waals surface area contributed by atoms with Crippen molar-refractivity contribution in [3.8, 4) is 0 Å². The minimum absolute atomic E-state index is 0.0200. The van der Waals surface area contributed by atoms with Gasteiger partial charge in [0.2, 0.25) is 0 Å². The Kier molecular flexibility index (Phi) is 3.61. The summed E-state index contributed by atoms with van der Waals surface area (Å²) in [4.78, 5) is 1.34. The van der Waals surface area contributed by atoms with E-state index in [1.54, 1.807) is 0 Å². The molecule has 2 aromatic rings. The van der Waals surface area contributed by atoms with Crippen LogP contribution in [0, 0.1) is 0 Å². The van der Waals surface area contributed by atoms with E-state index in [-0.39, 0.29) is 11.7 Å². The Labute approximate surface area is 118 Å². The normalized spacial score (nSPS) is 27.8. The van der Waals surface area contributed by atoms with Gasteiger partial charge in [-0.25, -0.2) is 0 Å². The molecule has 0 bridgehead atoms. The van der Waals surface area contributed by atoms with Crippen LogP contribution in [0.3, 0.4) is 0 Å². The summed E-state index contributed by atoms with van der Waals surface area (Å²) in [5.41, 5.74) is -0.0200. The molecule has 0 saturated carbocycles. The zero-order valence-corrected chi connectivity index (χ0v) is 12.4. The molecule has 0 spiro atoms. The molecular formula is C16H21NOS. The van der Waals surface area contributed by atoms with E-state index in [9.17, 15) is 0 Å². The molecule has 0 aliphatic carbocycles. The van der Waals surface area contributed by atoms with E-state index >= 15 is 0 Å². The number of hydrogen-bond donors (Lipinski definition) is 1. The van der Waals surface area contributed by atoms with Crippen LogP contribution in [-0.2, 0) is 4.74 Å². The van der Waals surface area contributed by atoms with Gasteiger partial charge in [-0.2, -0.15) is 0 Å². The van der Waals surface area contributed by atoms with Crippen molar-refractivity contribution < 1.29 is 4.74 Å². The van der Waals surface area contributed by atoms with E-state index in [2.05, 4.69) is 49.5 Å². The minimum Gasteiger partial charge on any atom is -0.364 e. The SMILES string of the molecule is CCCC1(C)CNCC(c2cc3ccccc3s2)O1. The number of nitrogens with one attached hydrogen (secondary N) is 1. The molecule has 1 aromatic carbocycles. The Bertz CT molecular complexity index is 528. The molecule has 3 heteroatoms. The maximum Gasteiger partial charge on any atom is 0.105 e. The first-order valence-electron chi connectivity index (χ1n) is 7.07. The van der Waals surface area contributed by atoms with Crippen LogP contribution in [-0.4, -0.2) is 18.7 Å². The first kappa shape index (κ1) is 13.1. The summed E-state index contributed by atoms with van der Waals surface area (Å²) in [7, 11) is 0. The quantitative estimate of drug-likeness (QED) is 0.909. The molecule has 1 aliphatic heterocycles. The molecule has 102 valence electrons. The van der Waals surface area contributed by atoms with Gasteiger partial charge < -0.3 is 10.1 Å². The van der Waals surface area contributed by atoms with E-state index in [4.69, 9.17) is 4.74 Å². The lowest BCUT2D eigenvalue weighted by Crippen LogP contribution is -2.48. The molecule has 0 radical (unpaired) electrons. The number of benzene rings is 1. The van der Waals surface area contributed by atoms with Gasteiger partial charge in [-0.3, -0.25) is 0 Å². The summed E-state index contributed by atoms with van der Waals surface area (Å²) >= 11 is 1.86. The highest BCUT2D eigenvalue weighted by Gasteiger charge is 2.33. The summed E-state index contributed by atoms with van der Waals surface area (Å²) in [5.74, 6) is 0. The average molecular weight is 275 g/mol. The Morgan fingerprint density at radius 3 is 3.05 bits per heavy atom. The molecule has 2 atom stereocenters. The number of ether oxygens (including phenoxy) is 1. The van der Waals surface area contributed by atoms with Crippen LogP contribution in [0.15, 0.2) is 30.3 Å². The van der Waals surface area contributed by atoms with Crippen LogP contribution in [0.25, 0.3) is 10.1 Å². The number of fused-ring (bicyclic) bond motifs is 1. The number of hydrogen-bond acceptors (Lipinski definition) is 3. The lowest BCUT2D eigenvalue weighted by atomic mass is 9.98. The van der Waals surface area contributed by atoms with Gasteiger partial charge in [0.25, 0.3) is 0 Å². The van der Waals surface area contributed by atoms with Gasteiger partial charge >= 0.3 is 0 Å². The fourth-order valence-electron chi connectivity index (χ4n) is 2.89. The van der Waals surface area contributed by atoms with Crippen LogP contribution in [0.1, 0.15) is 37.7 Å². The molecule has 0 amide bonds. The summed E-state index contributed by atoms with van der Waals surface area (Å²) in [6, 6.07) is 10.8. The molecule has 2 heterocycles. The smallest absolute Gasteiger partial charge is 0.105 e. The minimum atomic E-state index is -0.0200. The first-order chi connectivity index (χ1) is 9.20. The molecule has 2 nitrogen and oxygen atoms in total. The van der Waals surface area contributed by atoms with Crippen LogP contribution in [0.2, 0.25) is 0 Å². The summed E-state index contributed by atoms with van der Waals surface area (Å²) < 4.78 is 7.73. The molecule has 19 heavy (non-hydrogen) atoms. The monoisotopic (exact) mass is 275 g/mol. The highest BCUT2D eigenvalue weighted by molar-refractivity contribution is 7.19. The summed E-state index contributed by atoms with van der Waals surface area (Å²) in [5, 5.41) is 4.86. The highest BCUT2D eigenvalue weighted by atomic mass is 32.1. The maximum absolute atomic E-state index is 6.38. The second-order valence-electron chi connectivity index (χ2n) is 5.62. The van der Waals surface area contributed by atoms with E-state index in [1.807, 2.05) is 11.3 Å². The fourth-order valence-corrected chi connectivity index (χ4v) is 3.98. The van der Waals surface area contributed by atoms with Gasteiger partial charge in [-0.05, 0) is 30.9 Å². The van der Waals surface area contributed by atoms with Crippen LogP contribution < -0.4 is 5.32 Å². The Balaban J connectivity index is 1.85. The number of thiophene rings is 1. The van der Waals surface area contributed by atoms with Crippen molar-refractivity contribution in [3.63, 3.8) is 0 Å². The van der Waals surface area contributed by atoms with Crippen molar-refractivity contribution >= 4 is 21.4 Å². The molecule has 1 fully saturated rings. The topological polar surface area (TPSA) is 21.3 Å². The largest absolute Gasteiger partial charge is 0.364 e. The predicted molar refractivity (Wildman–Crippen MR) is 81.8 cm³/mol. The zero-order chi connectivity index (χ0) is 13.3. The van der Waals surface area contributed by atoms with Crippen molar-refractivity contribution in [1.29, 1.82) is 0 Å². The molecule has 1 aromatic heterocycles. The summed E-state index contributed by atoms with van der Waals surface area (Å²) in [6.45, 7) is 6.33. The Morgan fingerprint density at radius 2 is 2.26 bits per heavy atom. The van der Waals surface area contributed by atoms with Crippen molar-refractivity contribution in [2.45, 2.75) is 38.4 Å². The van der Waals surface area contributed by atoms with Gasteiger partial charge in [-0.15, -0.1) is 11.3 Å². The Hall–Kier alpha value is -0.900. The van der Waals surface area contributed by atoms with Crippen LogP contribution in [0.4, 0.5) is 0 Å². The van der Waals surface area contributed by atoms with Crippen molar-refractivity contribution in [1.82, 2.24) is 5.32 Å². The lowest BCUT2D eigenvalue weighted by molar-refractivity contribution is -0.110. The maximum atomic E-state index is 6.38. The van der Waals surface area contributed by atoms with E-state index in [1.165, 1.54) is 15.0 Å². The second-order valence-corrected chi connectivity index (χ2v) is 6.74. The van der Waals surface area contributed by atoms with Gasteiger partial charge in [0.15, 0.2) is 0 Å². The number of rotatable bonds is 3. The third kappa shape index (κ3) is 2.69. The van der Waals surface area contributed by atoms with Crippen molar-refractivity contribution in [3.05, 3.63) is 35.2 Å². The second kappa shape index (κ2) is 5.23. The average Bonchev–Trinajstić information content (AvgIpc) is 2.82. The molecule has 1 aliphatic rings. The molecular weight excluding hydrogens is 254 g/mol. The molecule has 1 saturated heterocycles. The summed E-state index contributed by atoms with van der Waals surface area (Å²) in [6.07, 6.45) is 2.47. The third-order valence-corrected chi connectivity index (χ3v) is 5.00. The van der Waals surface area contributed by atoms with E-state index < -0.39 is 0 Å². The zero-order valence-electron chi connectivity index (χ0n) is 11.6. The van der Waals surface area contributed by atoms with Gasteiger partial charge in [0.05, 0.1) is 5.60 Å². The lowest BCUT2D eigenvalue weighted by Gasteiger charge is -2.39. The van der Waals surface area contributed by atoms with Crippen LogP contribution >= 0.6 is 11.3 Å². The van der Waals surface area contributed by atoms with Gasteiger partial charge in [0.1, 0.15) is 6.10 Å². The standard InChI is InChI=1S/C16H21NOS/c1-3-8-16(2)11-17-10-13(18-16)15-9-12-6-4-5-7-14(12)19-15/h4-7,9,13,17H,3,8,10-11H2,1-2H3. The molecule has 1 N–H and O–H groups in total. The van der Waals surface area contributed by atoms with Crippen LogP contribution in [0.5, 0.6) is 0 Å². The number of morpholine rings is 1. The first-order valence-corrected chi connectivity index (χ1v) is 7.89. The third-order valence-electron chi connectivity index (χ3n) is 3.80. The fraction of sp³-hybridized carbons (Fsp3) is 0.500. The van der Waals surface area contributed by atoms with Crippen molar-refractivity contribution in [2.24, 2.45) is 0 Å². The van der Waals surface area contributed by atoms with E-state index in [0.717, 1.165) is 25.9 Å². The van der Waals surface area contributed by atoms with Crippen molar-refractivity contribution in [2.75, 3.05) is 13.1 Å². The Morgan fingerprint density at radius 1 is 1.42 bits per heavy atom. The van der Waals surface area contributed by atoms with Gasteiger partial charge in [0, 0.05) is 22.7 Å².